The summed E-state index contributed by atoms with van der Waals surface area (Å²) in [6.45, 7) is 5.09. The van der Waals surface area contributed by atoms with E-state index in [4.69, 9.17) is 9.72 Å². The van der Waals surface area contributed by atoms with Gasteiger partial charge in [-0.05, 0) is 44.4 Å². The largest absolute Gasteiger partial charge is 0.496 e. The van der Waals surface area contributed by atoms with Crippen LogP contribution in [-0.4, -0.2) is 18.1 Å². The molecule has 106 valence electrons. The molecule has 3 rings (SSSR count). The Morgan fingerprint density at radius 1 is 1.35 bits per heavy atom. The normalized spacial score (nSPS) is 14.6. The third-order valence-corrected chi connectivity index (χ3v) is 4.80. The van der Waals surface area contributed by atoms with Crippen molar-refractivity contribution in [3.63, 3.8) is 0 Å². The summed E-state index contributed by atoms with van der Waals surface area (Å²) >= 11 is 1.76. The molecular formula is C16H20N2OS. The summed E-state index contributed by atoms with van der Waals surface area (Å²) in [5.74, 6) is 0.903. The molecule has 20 heavy (non-hydrogen) atoms. The molecule has 0 unspecified atom stereocenters. The second-order valence-electron chi connectivity index (χ2n) is 5.39. The van der Waals surface area contributed by atoms with Crippen LogP contribution in [0.1, 0.15) is 29.0 Å². The Kier molecular flexibility index (Phi) is 3.76. The van der Waals surface area contributed by atoms with Gasteiger partial charge >= 0.3 is 0 Å². The molecule has 0 spiro atoms. The summed E-state index contributed by atoms with van der Waals surface area (Å²) in [7, 11) is 1.72. The van der Waals surface area contributed by atoms with Gasteiger partial charge in [-0.25, -0.2) is 4.98 Å². The predicted molar refractivity (Wildman–Crippen MR) is 83.4 cm³/mol. The van der Waals surface area contributed by atoms with Crippen molar-refractivity contribution in [1.29, 1.82) is 0 Å². The molecule has 4 heteroatoms. The molecule has 1 heterocycles. The van der Waals surface area contributed by atoms with Gasteiger partial charge < -0.3 is 10.1 Å². The summed E-state index contributed by atoms with van der Waals surface area (Å²) in [6.07, 6.45) is 2.63. The number of hydrogen-bond donors (Lipinski definition) is 1. The van der Waals surface area contributed by atoms with Crippen molar-refractivity contribution in [2.45, 2.75) is 39.3 Å². The molecule has 0 bridgehead atoms. The van der Waals surface area contributed by atoms with Crippen LogP contribution in [0.2, 0.25) is 0 Å². The summed E-state index contributed by atoms with van der Waals surface area (Å²) in [5, 5.41) is 4.60. The molecule has 1 fully saturated rings. The topological polar surface area (TPSA) is 34.1 Å². The molecule has 1 N–H and O–H groups in total. The number of aromatic nitrogens is 1. The van der Waals surface area contributed by atoms with Gasteiger partial charge in [0.05, 0.1) is 18.4 Å². The van der Waals surface area contributed by atoms with Crippen molar-refractivity contribution in [3.05, 3.63) is 34.3 Å². The molecular weight excluding hydrogens is 268 g/mol. The van der Waals surface area contributed by atoms with E-state index in [1.54, 1.807) is 18.4 Å². The van der Waals surface area contributed by atoms with Crippen molar-refractivity contribution in [2.24, 2.45) is 0 Å². The molecule has 1 aliphatic carbocycles. The lowest BCUT2D eigenvalue weighted by Gasteiger charge is -2.06. The van der Waals surface area contributed by atoms with Crippen LogP contribution in [0.25, 0.3) is 10.6 Å². The lowest BCUT2D eigenvalue weighted by Crippen LogP contribution is -2.14. The first kappa shape index (κ1) is 13.6. The van der Waals surface area contributed by atoms with Crippen molar-refractivity contribution in [2.75, 3.05) is 7.11 Å². The minimum Gasteiger partial charge on any atom is -0.496 e. The maximum atomic E-state index is 5.49. The fourth-order valence-corrected chi connectivity index (χ4v) is 3.25. The van der Waals surface area contributed by atoms with Crippen molar-refractivity contribution < 1.29 is 4.74 Å². The van der Waals surface area contributed by atoms with Crippen molar-refractivity contribution >= 4 is 11.3 Å². The molecule has 2 aromatic rings. The van der Waals surface area contributed by atoms with Gasteiger partial charge in [0.1, 0.15) is 10.8 Å². The molecule has 3 nitrogen and oxygen atoms in total. The lowest BCUT2D eigenvalue weighted by atomic mass is 10.1. The van der Waals surface area contributed by atoms with Crippen LogP contribution in [0.3, 0.4) is 0 Å². The van der Waals surface area contributed by atoms with Crippen molar-refractivity contribution in [3.8, 4) is 16.3 Å². The van der Waals surface area contributed by atoms with Gasteiger partial charge in [0.2, 0.25) is 0 Å². The molecule has 0 saturated heterocycles. The zero-order chi connectivity index (χ0) is 14.1. The van der Waals surface area contributed by atoms with E-state index in [1.807, 2.05) is 0 Å². The van der Waals surface area contributed by atoms with Crippen LogP contribution in [0.4, 0.5) is 0 Å². The Bertz CT molecular complexity index is 617. The number of nitrogens with one attached hydrogen (secondary N) is 1. The van der Waals surface area contributed by atoms with Crippen LogP contribution < -0.4 is 10.1 Å². The number of rotatable bonds is 5. The van der Waals surface area contributed by atoms with Crippen LogP contribution in [-0.2, 0) is 6.54 Å². The van der Waals surface area contributed by atoms with E-state index in [9.17, 15) is 0 Å². The van der Waals surface area contributed by atoms with Gasteiger partial charge in [-0.2, -0.15) is 0 Å². The predicted octanol–water partition coefficient (Wildman–Crippen LogP) is 3.69. The van der Waals surface area contributed by atoms with Crippen LogP contribution in [0.15, 0.2) is 18.2 Å². The average Bonchev–Trinajstić information content (AvgIpc) is 3.19. The van der Waals surface area contributed by atoms with Gasteiger partial charge in [0.15, 0.2) is 0 Å². The van der Waals surface area contributed by atoms with E-state index < -0.39 is 0 Å². The highest BCUT2D eigenvalue weighted by atomic mass is 32.1. The average molecular weight is 288 g/mol. The second-order valence-corrected chi connectivity index (χ2v) is 6.47. The van der Waals surface area contributed by atoms with Crippen LogP contribution >= 0.6 is 11.3 Å². The van der Waals surface area contributed by atoms with E-state index >= 15 is 0 Å². The Labute approximate surface area is 124 Å². The third-order valence-electron chi connectivity index (χ3n) is 3.61. The lowest BCUT2D eigenvalue weighted by molar-refractivity contribution is 0.416. The Hall–Kier alpha value is -1.39. The summed E-state index contributed by atoms with van der Waals surface area (Å²) in [5.41, 5.74) is 3.42. The minimum atomic E-state index is 0.730. The van der Waals surface area contributed by atoms with Gasteiger partial charge in [-0.15, -0.1) is 11.3 Å². The molecule has 0 amide bonds. The van der Waals surface area contributed by atoms with Gasteiger partial charge in [-0.1, -0.05) is 6.07 Å². The first-order chi connectivity index (χ1) is 9.67. The maximum absolute atomic E-state index is 5.49. The van der Waals surface area contributed by atoms with Gasteiger partial charge in [0.25, 0.3) is 0 Å². The minimum absolute atomic E-state index is 0.730. The summed E-state index contributed by atoms with van der Waals surface area (Å²) in [4.78, 5) is 6.04. The van der Waals surface area contributed by atoms with Crippen LogP contribution in [0, 0.1) is 13.8 Å². The number of ether oxygens (including phenoxy) is 1. The first-order valence-corrected chi connectivity index (χ1v) is 7.83. The standard InChI is InChI=1S/C16H20N2OS/c1-10-4-7-13(14(8-10)19-3)16-18-11(2)15(20-16)9-17-12-5-6-12/h4,7-8,12,17H,5-6,9H2,1-3H3. The second kappa shape index (κ2) is 5.54. The Morgan fingerprint density at radius 3 is 2.85 bits per heavy atom. The van der Waals surface area contributed by atoms with E-state index in [0.29, 0.717) is 0 Å². The van der Waals surface area contributed by atoms with Gasteiger partial charge in [-0.3, -0.25) is 0 Å². The number of aryl methyl sites for hydroxylation is 2. The molecule has 1 aromatic carbocycles. The number of methoxy groups -OCH3 is 1. The summed E-state index contributed by atoms with van der Waals surface area (Å²) in [6, 6.07) is 7.00. The number of hydrogen-bond acceptors (Lipinski definition) is 4. The van der Waals surface area contributed by atoms with Crippen molar-refractivity contribution in [1.82, 2.24) is 10.3 Å². The van der Waals surface area contributed by atoms with Crippen LogP contribution in [0.5, 0.6) is 5.75 Å². The smallest absolute Gasteiger partial charge is 0.129 e. The van der Waals surface area contributed by atoms with E-state index in [2.05, 4.69) is 37.4 Å². The quantitative estimate of drug-likeness (QED) is 0.911. The van der Waals surface area contributed by atoms with E-state index in [0.717, 1.165) is 34.6 Å². The molecule has 0 atom stereocenters. The fraction of sp³-hybridized carbons (Fsp3) is 0.438. The van der Waals surface area contributed by atoms with E-state index in [1.165, 1.54) is 23.3 Å². The highest BCUT2D eigenvalue weighted by molar-refractivity contribution is 7.15. The molecule has 0 radical (unpaired) electrons. The van der Waals surface area contributed by atoms with E-state index in [-0.39, 0.29) is 0 Å². The van der Waals surface area contributed by atoms with Gasteiger partial charge in [0, 0.05) is 17.5 Å². The monoisotopic (exact) mass is 288 g/mol. The highest BCUT2D eigenvalue weighted by Crippen LogP contribution is 2.35. The molecule has 0 aliphatic heterocycles. The first-order valence-electron chi connectivity index (χ1n) is 7.02. The zero-order valence-electron chi connectivity index (χ0n) is 12.2. The maximum Gasteiger partial charge on any atom is 0.129 e. The number of nitrogens with zero attached hydrogens (tertiary/aromatic N) is 1. The summed E-state index contributed by atoms with van der Waals surface area (Å²) < 4.78 is 5.49. The zero-order valence-corrected chi connectivity index (χ0v) is 13.0. The third kappa shape index (κ3) is 2.86. The fourth-order valence-electron chi connectivity index (χ4n) is 2.21. The highest BCUT2D eigenvalue weighted by Gasteiger charge is 2.21. The Balaban J connectivity index is 1.87. The SMILES string of the molecule is COc1cc(C)ccc1-c1nc(C)c(CNC2CC2)s1. The Morgan fingerprint density at radius 2 is 2.15 bits per heavy atom. The number of benzene rings is 1. The molecule has 1 aromatic heterocycles. The number of thiazole rings is 1. The molecule has 1 aliphatic rings. The molecule has 1 saturated carbocycles.